The van der Waals surface area contributed by atoms with Gasteiger partial charge in [0.15, 0.2) is 0 Å². The number of nitrogens with zero attached hydrogens (tertiary/aromatic N) is 1. The Bertz CT molecular complexity index is 261. The summed E-state index contributed by atoms with van der Waals surface area (Å²) in [6.07, 6.45) is 0. The SMILES string of the molecule is CC(C)S(=O)(=O)N1CCOC[C@H]1C. The van der Waals surface area contributed by atoms with E-state index in [0.29, 0.717) is 19.8 Å². The Hall–Kier alpha value is -0.130. The lowest BCUT2D eigenvalue weighted by Crippen LogP contribution is -2.49. The van der Waals surface area contributed by atoms with Gasteiger partial charge in [-0.25, -0.2) is 8.42 Å². The Morgan fingerprint density at radius 3 is 2.54 bits per heavy atom. The third-order valence-electron chi connectivity index (χ3n) is 2.23. The molecule has 13 heavy (non-hydrogen) atoms. The van der Waals surface area contributed by atoms with Gasteiger partial charge in [0, 0.05) is 12.6 Å². The largest absolute Gasteiger partial charge is 0.378 e. The minimum Gasteiger partial charge on any atom is -0.378 e. The molecule has 0 radical (unpaired) electrons. The standard InChI is InChI=1S/C8H17NO3S/c1-7(2)13(10,11)9-4-5-12-6-8(9)3/h7-8H,4-6H2,1-3H3/t8-/m1/s1. The van der Waals surface area contributed by atoms with Gasteiger partial charge in [-0.3, -0.25) is 0 Å². The van der Waals surface area contributed by atoms with Crippen LogP contribution in [0.2, 0.25) is 0 Å². The fraction of sp³-hybridized carbons (Fsp3) is 1.00. The van der Waals surface area contributed by atoms with Gasteiger partial charge < -0.3 is 4.74 Å². The van der Waals surface area contributed by atoms with Crippen LogP contribution in [0.4, 0.5) is 0 Å². The van der Waals surface area contributed by atoms with Gasteiger partial charge >= 0.3 is 0 Å². The van der Waals surface area contributed by atoms with E-state index in [1.54, 1.807) is 18.2 Å². The highest BCUT2D eigenvalue weighted by atomic mass is 32.2. The molecule has 0 bridgehead atoms. The molecule has 1 fully saturated rings. The molecule has 0 aromatic rings. The van der Waals surface area contributed by atoms with Gasteiger partial charge in [0.2, 0.25) is 10.0 Å². The summed E-state index contributed by atoms with van der Waals surface area (Å²) in [5, 5.41) is -0.340. The van der Waals surface area contributed by atoms with Gasteiger partial charge in [0.05, 0.1) is 18.5 Å². The van der Waals surface area contributed by atoms with Crippen molar-refractivity contribution in [3.63, 3.8) is 0 Å². The molecule has 0 spiro atoms. The fourth-order valence-electron chi connectivity index (χ4n) is 1.36. The molecule has 0 aromatic heterocycles. The summed E-state index contributed by atoms with van der Waals surface area (Å²) in [6, 6.07) is -0.0267. The van der Waals surface area contributed by atoms with Crippen LogP contribution < -0.4 is 0 Å². The van der Waals surface area contributed by atoms with Crippen molar-refractivity contribution in [1.82, 2.24) is 4.31 Å². The Balaban J connectivity index is 2.80. The van der Waals surface area contributed by atoms with E-state index in [9.17, 15) is 8.42 Å². The maximum Gasteiger partial charge on any atom is 0.216 e. The van der Waals surface area contributed by atoms with E-state index in [4.69, 9.17) is 4.74 Å². The van der Waals surface area contributed by atoms with Gasteiger partial charge in [0.1, 0.15) is 0 Å². The van der Waals surface area contributed by atoms with Crippen LogP contribution in [0.5, 0.6) is 0 Å². The molecule has 0 N–H and O–H groups in total. The van der Waals surface area contributed by atoms with Crippen LogP contribution in [0.25, 0.3) is 0 Å². The fourth-order valence-corrected chi connectivity index (χ4v) is 2.79. The lowest BCUT2D eigenvalue weighted by Gasteiger charge is -2.33. The summed E-state index contributed by atoms with van der Waals surface area (Å²) in [7, 11) is -3.10. The average molecular weight is 207 g/mol. The minimum absolute atomic E-state index is 0.0267. The monoisotopic (exact) mass is 207 g/mol. The van der Waals surface area contributed by atoms with Crippen molar-refractivity contribution in [2.75, 3.05) is 19.8 Å². The Morgan fingerprint density at radius 1 is 1.46 bits per heavy atom. The normalized spacial score (nSPS) is 26.6. The second-order valence-electron chi connectivity index (χ2n) is 3.63. The van der Waals surface area contributed by atoms with E-state index in [2.05, 4.69) is 0 Å². The van der Waals surface area contributed by atoms with Crippen molar-refractivity contribution in [2.24, 2.45) is 0 Å². The molecular formula is C8H17NO3S. The summed E-state index contributed by atoms with van der Waals surface area (Å²) in [4.78, 5) is 0. The Morgan fingerprint density at radius 2 is 2.08 bits per heavy atom. The number of sulfonamides is 1. The first-order valence-electron chi connectivity index (χ1n) is 4.54. The van der Waals surface area contributed by atoms with Gasteiger partial charge in [-0.05, 0) is 20.8 Å². The summed E-state index contributed by atoms with van der Waals surface area (Å²) in [5.74, 6) is 0. The van der Waals surface area contributed by atoms with Gasteiger partial charge in [0.25, 0.3) is 0 Å². The van der Waals surface area contributed by atoms with Crippen molar-refractivity contribution in [1.29, 1.82) is 0 Å². The van der Waals surface area contributed by atoms with Crippen molar-refractivity contribution in [3.05, 3.63) is 0 Å². The molecule has 1 rings (SSSR count). The molecule has 1 aliphatic heterocycles. The number of hydrogen-bond acceptors (Lipinski definition) is 3. The zero-order valence-corrected chi connectivity index (χ0v) is 9.17. The highest BCUT2D eigenvalue weighted by molar-refractivity contribution is 7.89. The van der Waals surface area contributed by atoms with E-state index < -0.39 is 10.0 Å². The third-order valence-corrected chi connectivity index (χ3v) is 4.62. The molecule has 4 nitrogen and oxygen atoms in total. The maximum atomic E-state index is 11.8. The number of hydrogen-bond donors (Lipinski definition) is 0. The van der Waals surface area contributed by atoms with Crippen molar-refractivity contribution in [3.8, 4) is 0 Å². The molecule has 0 amide bonds. The highest BCUT2D eigenvalue weighted by Gasteiger charge is 2.31. The first-order valence-corrected chi connectivity index (χ1v) is 6.05. The molecular weight excluding hydrogens is 190 g/mol. The topological polar surface area (TPSA) is 46.6 Å². The van der Waals surface area contributed by atoms with E-state index in [-0.39, 0.29) is 11.3 Å². The molecule has 78 valence electrons. The van der Waals surface area contributed by atoms with Crippen LogP contribution in [-0.2, 0) is 14.8 Å². The zero-order valence-electron chi connectivity index (χ0n) is 8.36. The third kappa shape index (κ3) is 2.21. The number of rotatable bonds is 2. The van der Waals surface area contributed by atoms with Crippen LogP contribution in [0.15, 0.2) is 0 Å². The summed E-state index contributed by atoms with van der Waals surface area (Å²) < 4.78 is 30.3. The molecule has 0 saturated carbocycles. The van der Waals surface area contributed by atoms with E-state index >= 15 is 0 Å². The summed E-state index contributed by atoms with van der Waals surface area (Å²) in [5.41, 5.74) is 0. The minimum atomic E-state index is -3.10. The van der Waals surface area contributed by atoms with E-state index in [0.717, 1.165) is 0 Å². The molecule has 0 aromatic carbocycles. The van der Waals surface area contributed by atoms with Crippen LogP contribution in [0.1, 0.15) is 20.8 Å². The molecule has 1 atom stereocenters. The predicted molar refractivity (Wildman–Crippen MR) is 51.0 cm³/mol. The number of ether oxygens (including phenoxy) is 1. The van der Waals surface area contributed by atoms with Crippen molar-refractivity contribution < 1.29 is 13.2 Å². The first kappa shape index (κ1) is 10.9. The Kier molecular flexibility index (Phi) is 3.32. The first-order chi connectivity index (χ1) is 5.96. The quantitative estimate of drug-likeness (QED) is 0.660. The summed E-state index contributed by atoms with van der Waals surface area (Å²) >= 11 is 0. The van der Waals surface area contributed by atoms with Crippen molar-refractivity contribution in [2.45, 2.75) is 32.1 Å². The average Bonchev–Trinajstić information content (AvgIpc) is 2.04. The smallest absolute Gasteiger partial charge is 0.216 e. The van der Waals surface area contributed by atoms with Gasteiger partial charge in [-0.1, -0.05) is 0 Å². The Labute approximate surface area is 79.9 Å². The second-order valence-corrected chi connectivity index (χ2v) is 6.07. The molecule has 1 saturated heterocycles. The van der Waals surface area contributed by atoms with E-state index in [1.807, 2.05) is 6.92 Å². The van der Waals surface area contributed by atoms with Crippen LogP contribution >= 0.6 is 0 Å². The summed E-state index contributed by atoms with van der Waals surface area (Å²) in [6.45, 7) is 6.79. The number of morpholine rings is 1. The lowest BCUT2D eigenvalue weighted by molar-refractivity contribution is 0.0389. The second kappa shape index (κ2) is 3.94. The predicted octanol–water partition coefficient (Wildman–Crippen LogP) is 0.445. The molecule has 1 heterocycles. The molecule has 5 heteroatoms. The highest BCUT2D eigenvalue weighted by Crippen LogP contribution is 2.15. The van der Waals surface area contributed by atoms with Crippen LogP contribution in [0, 0.1) is 0 Å². The van der Waals surface area contributed by atoms with Crippen LogP contribution in [-0.4, -0.2) is 43.8 Å². The lowest BCUT2D eigenvalue weighted by atomic mass is 10.3. The zero-order chi connectivity index (χ0) is 10.1. The van der Waals surface area contributed by atoms with Gasteiger partial charge in [-0.15, -0.1) is 0 Å². The van der Waals surface area contributed by atoms with Crippen molar-refractivity contribution >= 4 is 10.0 Å². The molecule has 1 aliphatic rings. The molecule has 0 unspecified atom stereocenters. The van der Waals surface area contributed by atoms with Gasteiger partial charge in [-0.2, -0.15) is 4.31 Å². The molecule has 0 aliphatic carbocycles. The maximum absolute atomic E-state index is 11.8. The van der Waals surface area contributed by atoms with Crippen LogP contribution in [0.3, 0.4) is 0 Å². The van der Waals surface area contributed by atoms with E-state index in [1.165, 1.54) is 0 Å².